The first-order chi connectivity index (χ1) is 16.5. The molecule has 0 atom stereocenters. The van der Waals surface area contributed by atoms with Gasteiger partial charge in [0.2, 0.25) is 0 Å². The Labute approximate surface area is 199 Å². The molecule has 2 N–H and O–H groups in total. The molecule has 1 aliphatic rings. The number of fused-ring (bicyclic) bond motifs is 2. The van der Waals surface area contributed by atoms with Crippen LogP contribution in [-0.4, -0.2) is 11.6 Å². The molecule has 1 aliphatic carbocycles. The van der Waals surface area contributed by atoms with Crippen molar-refractivity contribution >= 4 is 22.9 Å². The molecule has 0 unspecified atom stereocenters. The van der Waals surface area contributed by atoms with Crippen LogP contribution in [0, 0.1) is 13.8 Å². The van der Waals surface area contributed by atoms with Crippen LogP contribution in [0.3, 0.4) is 0 Å². The topological polar surface area (TPSA) is 58.2 Å². The minimum absolute atomic E-state index is 0.122. The van der Waals surface area contributed by atoms with Gasteiger partial charge >= 0.3 is 0 Å². The maximum atomic E-state index is 13.8. The molecule has 4 aromatic rings. The zero-order valence-electron chi connectivity index (χ0n) is 19.3. The maximum absolute atomic E-state index is 13.8. The van der Waals surface area contributed by atoms with Crippen molar-refractivity contribution in [3.63, 3.8) is 0 Å². The number of anilines is 2. The lowest BCUT2D eigenvalue weighted by Crippen LogP contribution is -2.24. The molecule has 0 saturated carbocycles. The quantitative estimate of drug-likeness (QED) is 0.321. The SMILES string of the molecule is Cc1ccccc1CNc1cccc2c1C(=O)c1c(NCc3ccccc3C)cccc1C2=O. The molecule has 0 saturated heterocycles. The first kappa shape index (κ1) is 21.7. The Morgan fingerprint density at radius 2 is 0.971 bits per heavy atom. The summed E-state index contributed by atoms with van der Waals surface area (Å²) in [6.07, 6.45) is 0. The lowest BCUT2D eigenvalue weighted by molar-refractivity contribution is 0.0980. The van der Waals surface area contributed by atoms with Gasteiger partial charge < -0.3 is 10.6 Å². The average molecular weight is 447 g/mol. The highest BCUT2D eigenvalue weighted by molar-refractivity contribution is 6.31. The number of hydrogen-bond donors (Lipinski definition) is 2. The van der Waals surface area contributed by atoms with Gasteiger partial charge in [-0.05, 0) is 48.2 Å². The number of aryl methyl sites for hydroxylation is 2. The van der Waals surface area contributed by atoms with E-state index in [0.29, 0.717) is 46.7 Å². The molecule has 0 aliphatic heterocycles. The second kappa shape index (κ2) is 8.99. The average Bonchev–Trinajstić information content (AvgIpc) is 2.86. The van der Waals surface area contributed by atoms with Gasteiger partial charge in [-0.1, -0.05) is 72.8 Å². The third-order valence-electron chi connectivity index (χ3n) is 6.53. The second-order valence-electron chi connectivity index (χ2n) is 8.67. The minimum Gasteiger partial charge on any atom is -0.380 e. The summed E-state index contributed by atoms with van der Waals surface area (Å²) in [5.74, 6) is -0.256. The van der Waals surface area contributed by atoms with Crippen molar-refractivity contribution in [2.45, 2.75) is 26.9 Å². The second-order valence-corrected chi connectivity index (χ2v) is 8.67. The lowest BCUT2D eigenvalue weighted by atomic mass is 9.82. The first-order valence-electron chi connectivity index (χ1n) is 11.5. The highest BCUT2D eigenvalue weighted by Crippen LogP contribution is 2.36. The third kappa shape index (κ3) is 3.88. The largest absolute Gasteiger partial charge is 0.380 e. The number of benzene rings is 4. The van der Waals surface area contributed by atoms with Crippen LogP contribution in [0.5, 0.6) is 0 Å². The van der Waals surface area contributed by atoms with E-state index in [-0.39, 0.29) is 11.6 Å². The predicted octanol–water partition coefficient (Wildman–Crippen LogP) is 6.30. The van der Waals surface area contributed by atoms with Gasteiger partial charge in [0.15, 0.2) is 11.6 Å². The van der Waals surface area contributed by atoms with Crippen LogP contribution in [0.25, 0.3) is 0 Å². The summed E-state index contributed by atoms with van der Waals surface area (Å²) in [5, 5.41) is 6.81. The molecular formula is C30H26N2O2. The highest BCUT2D eigenvalue weighted by Gasteiger charge is 2.33. The zero-order chi connectivity index (χ0) is 23.7. The summed E-state index contributed by atoms with van der Waals surface area (Å²) < 4.78 is 0. The summed E-state index contributed by atoms with van der Waals surface area (Å²) in [6.45, 7) is 5.28. The van der Waals surface area contributed by atoms with Crippen molar-refractivity contribution in [2.24, 2.45) is 0 Å². The van der Waals surface area contributed by atoms with Gasteiger partial charge in [0, 0.05) is 35.6 Å². The van der Waals surface area contributed by atoms with Crippen LogP contribution >= 0.6 is 0 Å². The number of nitrogens with one attached hydrogen (secondary N) is 2. The van der Waals surface area contributed by atoms with Gasteiger partial charge in [0.1, 0.15) is 0 Å². The van der Waals surface area contributed by atoms with Crippen molar-refractivity contribution in [3.8, 4) is 0 Å². The summed E-state index contributed by atoms with van der Waals surface area (Å²) in [4.78, 5) is 27.2. The Morgan fingerprint density at radius 3 is 1.41 bits per heavy atom. The van der Waals surface area contributed by atoms with E-state index in [4.69, 9.17) is 0 Å². The van der Waals surface area contributed by atoms with Gasteiger partial charge in [0.05, 0.1) is 11.1 Å². The summed E-state index contributed by atoms with van der Waals surface area (Å²) >= 11 is 0. The number of ketones is 2. The van der Waals surface area contributed by atoms with Crippen molar-refractivity contribution in [2.75, 3.05) is 10.6 Å². The molecule has 4 nitrogen and oxygen atoms in total. The summed E-state index contributed by atoms with van der Waals surface area (Å²) in [7, 11) is 0. The van der Waals surface area contributed by atoms with Gasteiger partial charge in [-0.2, -0.15) is 0 Å². The predicted molar refractivity (Wildman–Crippen MR) is 137 cm³/mol. The molecule has 0 radical (unpaired) electrons. The Kier molecular flexibility index (Phi) is 5.72. The summed E-state index contributed by atoms with van der Waals surface area (Å²) in [5.41, 5.74) is 7.79. The minimum atomic E-state index is -0.134. The van der Waals surface area contributed by atoms with E-state index in [0.717, 1.165) is 11.1 Å². The molecule has 0 amide bonds. The zero-order valence-corrected chi connectivity index (χ0v) is 19.3. The van der Waals surface area contributed by atoms with Gasteiger partial charge in [0.25, 0.3) is 0 Å². The lowest BCUT2D eigenvalue weighted by Gasteiger charge is -2.23. The molecule has 0 bridgehead atoms. The smallest absolute Gasteiger partial charge is 0.198 e. The van der Waals surface area contributed by atoms with E-state index >= 15 is 0 Å². The molecular weight excluding hydrogens is 420 g/mol. The van der Waals surface area contributed by atoms with Crippen molar-refractivity contribution < 1.29 is 9.59 Å². The van der Waals surface area contributed by atoms with Crippen LogP contribution in [0.1, 0.15) is 54.1 Å². The fraction of sp³-hybridized carbons (Fsp3) is 0.133. The van der Waals surface area contributed by atoms with Crippen molar-refractivity contribution in [1.82, 2.24) is 0 Å². The monoisotopic (exact) mass is 446 g/mol. The molecule has 34 heavy (non-hydrogen) atoms. The maximum Gasteiger partial charge on any atom is 0.198 e. The number of hydrogen-bond acceptors (Lipinski definition) is 4. The summed E-state index contributed by atoms with van der Waals surface area (Å²) in [6, 6.07) is 27.2. The fourth-order valence-electron chi connectivity index (χ4n) is 4.53. The Balaban J connectivity index is 1.49. The van der Waals surface area contributed by atoms with Crippen LogP contribution in [0.2, 0.25) is 0 Å². The molecule has 4 aromatic carbocycles. The molecule has 168 valence electrons. The standard InChI is InChI=1S/C30H26N2O2/c1-19-9-3-5-11-21(19)17-31-25-15-7-13-23-27(25)30(34)28-24(29(23)33)14-8-16-26(28)32-18-22-12-6-4-10-20(22)2/h3-16,31-32H,17-18H2,1-2H3. The van der Waals surface area contributed by atoms with Gasteiger partial charge in [-0.25, -0.2) is 0 Å². The van der Waals surface area contributed by atoms with Gasteiger partial charge in [-0.3, -0.25) is 9.59 Å². The van der Waals surface area contributed by atoms with Crippen molar-refractivity contribution in [3.05, 3.63) is 129 Å². The van der Waals surface area contributed by atoms with Gasteiger partial charge in [-0.15, -0.1) is 0 Å². The molecule has 5 rings (SSSR count). The van der Waals surface area contributed by atoms with Crippen LogP contribution in [-0.2, 0) is 13.1 Å². The molecule has 0 heterocycles. The normalized spacial score (nSPS) is 12.2. The van der Waals surface area contributed by atoms with E-state index in [1.807, 2.05) is 48.5 Å². The van der Waals surface area contributed by atoms with E-state index < -0.39 is 0 Å². The number of carbonyl (C=O) groups is 2. The molecule has 0 spiro atoms. The first-order valence-corrected chi connectivity index (χ1v) is 11.5. The van der Waals surface area contributed by atoms with E-state index in [1.165, 1.54) is 11.1 Å². The molecule has 0 aromatic heterocycles. The highest BCUT2D eigenvalue weighted by atomic mass is 16.1. The third-order valence-corrected chi connectivity index (χ3v) is 6.53. The van der Waals surface area contributed by atoms with Crippen LogP contribution in [0.4, 0.5) is 11.4 Å². The fourth-order valence-corrected chi connectivity index (χ4v) is 4.53. The van der Waals surface area contributed by atoms with Crippen LogP contribution in [0.15, 0.2) is 84.9 Å². The van der Waals surface area contributed by atoms with E-state index in [2.05, 4.69) is 48.7 Å². The Morgan fingerprint density at radius 1 is 0.529 bits per heavy atom. The molecule has 0 fully saturated rings. The Hall–Kier alpha value is -4.18. The van der Waals surface area contributed by atoms with Crippen molar-refractivity contribution in [1.29, 1.82) is 0 Å². The van der Waals surface area contributed by atoms with Crippen LogP contribution < -0.4 is 10.6 Å². The van der Waals surface area contributed by atoms with E-state index in [1.54, 1.807) is 12.1 Å². The number of carbonyl (C=O) groups excluding carboxylic acids is 2. The molecule has 4 heteroatoms. The Bertz CT molecular complexity index is 1320. The van der Waals surface area contributed by atoms with E-state index in [9.17, 15) is 9.59 Å². The number of rotatable bonds is 6.